The molecule has 0 aromatic heterocycles. The molecule has 8 rings (SSSR count). The molecular weight excluding hydrogens is 456 g/mol. The normalized spacial score (nSPS) is 50.5. The van der Waals surface area contributed by atoms with Gasteiger partial charge in [0.15, 0.2) is 5.78 Å². The molecule has 9 atom stereocenters. The van der Waals surface area contributed by atoms with Gasteiger partial charge in [-0.3, -0.25) is 14.4 Å². The second kappa shape index (κ2) is 6.38. The minimum atomic E-state index is -0.947. The van der Waals surface area contributed by atoms with Crippen molar-refractivity contribution in [1.29, 1.82) is 0 Å². The smallest absolute Gasteiger partial charge is 0.334 e. The first-order chi connectivity index (χ1) is 16.9. The topological polar surface area (TPSA) is 86.7 Å². The highest BCUT2D eigenvalue weighted by atomic mass is 16.6. The lowest BCUT2D eigenvalue weighted by Crippen LogP contribution is -2.68. The van der Waals surface area contributed by atoms with E-state index in [-0.39, 0.29) is 53.0 Å². The van der Waals surface area contributed by atoms with Crippen LogP contribution in [0.3, 0.4) is 0 Å². The van der Waals surface area contributed by atoms with E-state index >= 15 is 0 Å². The molecule has 6 heteroatoms. The molecule has 2 heterocycles. The second-order valence-corrected chi connectivity index (χ2v) is 13.0. The minimum Gasteiger partial charge on any atom is -0.462 e. The summed E-state index contributed by atoms with van der Waals surface area (Å²) >= 11 is 0. The van der Waals surface area contributed by atoms with Gasteiger partial charge in [-0.1, -0.05) is 43.7 Å². The Balaban J connectivity index is 1.37. The molecule has 6 nitrogen and oxygen atoms in total. The molecule has 0 amide bonds. The highest BCUT2D eigenvalue weighted by molar-refractivity contribution is 6.05. The lowest BCUT2D eigenvalue weighted by molar-refractivity contribution is -0.185. The van der Waals surface area contributed by atoms with Crippen molar-refractivity contribution in [2.24, 2.45) is 39.4 Å². The van der Waals surface area contributed by atoms with Crippen molar-refractivity contribution in [2.45, 2.75) is 72.0 Å². The lowest BCUT2D eigenvalue weighted by Gasteiger charge is -2.66. The third-order valence-electron chi connectivity index (χ3n) is 11.7. The summed E-state index contributed by atoms with van der Waals surface area (Å²) in [6.45, 7) is 12.1. The maximum atomic E-state index is 14.4. The summed E-state index contributed by atoms with van der Waals surface area (Å²) in [7, 11) is 0. The summed E-state index contributed by atoms with van der Waals surface area (Å²) in [4.78, 5) is 53.3. The molecule has 3 saturated carbocycles. The van der Waals surface area contributed by atoms with Gasteiger partial charge < -0.3 is 9.47 Å². The van der Waals surface area contributed by atoms with Crippen molar-refractivity contribution in [3.05, 3.63) is 47.1 Å². The van der Waals surface area contributed by atoms with Crippen molar-refractivity contribution in [1.82, 2.24) is 0 Å². The zero-order valence-corrected chi connectivity index (χ0v) is 21.3. The number of Topliss-reactive ketones (excluding diaryl/α,β-unsaturated/α-hetero) is 1. The molecule has 5 fully saturated rings. The number of allylic oxidation sites excluding steroid dienone is 6. The first kappa shape index (κ1) is 22.4. The largest absolute Gasteiger partial charge is 0.462 e. The van der Waals surface area contributed by atoms with Crippen LogP contribution in [0.1, 0.15) is 59.8 Å². The number of hydrogen-bond acceptors (Lipinski definition) is 6. The first-order valence-corrected chi connectivity index (χ1v) is 13.2. The van der Waals surface area contributed by atoms with Crippen molar-refractivity contribution < 1.29 is 28.7 Å². The van der Waals surface area contributed by atoms with Gasteiger partial charge in [-0.05, 0) is 57.6 Å². The number of ether oxygens (including phenoxy) is 2. The van der Waals surface area contributed by atoms with Crippen LogP contribution in [0.25, 0.3) is 0 Å². The number of hydrogen-bond donors (Lipinski definition) is 0. The molecule has 2 saturated heterocycles. The Kier molecular flexibility index (Phi) is 3.98. The van der Waals surface area contributed by atoms with Crippen LogP contribution in [-0.4, -0.2) is 35.7 Å². The molecule has 0 radical (unpaired) electrons. The maximum absolute atomic E-state index is 14.4. The Hall–Kier alpha value is -2.76. The number of carbonyl (C=O) groups is 4. The third-order valence-corrected chi connectivity index (χ3v) is 11.7. The predicted molar refractivity (Wildman–Crippen MR) is 129 cm³/mol. The van der Waals surface area contributed by atoms with E-state index in [1.54, 1.807) is 6.08 Å². The van der Waals surface area contributed by atoms with E-state index in [0.29, 0.717) is 37.7 Å². The quantitative estimate of drug-likeness (QED) is 0.289. The van der Waals surface area contributed by atoms with Crippen molar-refractivity contribution in [3.8, 4) is 0 Å². The van der Waals surface area contributed by atoms with Crippen LogP contribution in [0, 0.1) is 39.4 Å². The van der Waals surface area contributed by atoms with E-state index in [9.17, 15) is 19.2 Å². The Morgan fingerprint density at radius 1 is 1.00 bits per heavy atom. The maximum Gasteiger partial charge on any atom is 0.334 e. The number of carbonyl (C=O) groups excluding carboxylic acids is 4. The molecule has 0 aromatic rings. The zero-order valence-electron chi connectivity index (χ0n) is 21.3. The summed E-state index contributed by atoms with van der Waals surface area (Å²) in [5.41, 5.74) is 0.909. The van der Waals surface area contributed by atoms with E-state index in [0.717, 1.165) is 16.7 Å². The van der Waals surface area contributed by atoms with Gasteiger partial charge in [-0.15, -0.1) is 0 Å². The second-order valence-electron chi connectivity index (χ2n) is 13.0. The summed E-state index contributed by atoms with van der Waals surface area (Å²) in [6.07, 6.45) is 7.81. The van der Waals surface area contributed by atoms with Crippen LogP contribution < -0.4 is 0 Å². The number of fused-ring (bicyclic) bond motifs is 3. The van der Waals surface area contributed by atoms with Crippen LogP contribution in [-0.2, 0) is 28.7 Å². The third kappa shape index (κ3) is 2.23. The molecule has 2 spiro atoms. The summed E-state index contributed by atoms with van der Waals surface area (Å²) < 4.78 is 11.8. The van der Waals surface area contributed by atoms with Gasteiger partial charge in [0.2, 0.25) is 0 Å². The van der Waals surface area contributed by atoms with Crippen molar-refractivity contribution >= 4 is 23.5 Å². The van der Waals surface area contributed by atoms with Crippen LogP contribution >= 0.6 is 0 Å². The minimum absolute atomic E-state index is 0.0195. The van der Waals surface area contributed by atoms with E-state index in [2.05, 4.69) is 20.4 Å². The first-order valence-electron chi connectivity index (χ1n) is 13.2. The molecule has 0 aromatic carbocycles. The van der Waals surface area contributed by atoms with Crippen molar-refractivity contribution in [2.75, 3.05) is 0 Å². The summed E-state index contributed by atoms with van der Waals surface area (Å²) in [5, 5.41) is 0. The monoisotopic (exact) mass is 488 g/mol. The van der Waals surface area contributed by atoms with Gasteiger partial charge in [-0.25, -0.2) is 4.79 Å². The molecule has 188 valence electrons. The zero-order chi connectivity index (χ0) is 25.6. The van der Waals surface area contributed by atoms with Gasteiger partial charge in [0.25, 0.3) is 0 Å². The fourth-order valence-corrected chi connectivity index (χ4v) is 9.62. The summed E-state index contributed by atoms with van der Waals surface area (Å²) in [6, 6.07) is 0. The van der Waals surface area contributed by atoms with Gasteiger partial charge in [0.05, 0.1) is 11.3 Å². The SMILES string of the molecule is C=C1C(=O)O[C@@H]2C[C@@]3(C)C(=O)[C@@H]4C=C(C)[C@@]3(C[C@H]12)C[C@@]41C(=O)O[C@@H]2C[C@@]3(C)C=CC(=O)C(C)=C3C[C@@H]21. The Morgan fingerprint density at radius 3 is 2.50 bits per heavy atom. The fourth-order valence-electron chi connectivity index (χ4n) is 9.62. The van der Waals surface area contributed by atoms with E-state index < -0.39 is 22.2 Å². The molecule has 2 aliphatic heterocycles. The van der Waals surface area contributed by atoms with Crippen LogP contribution in [0.5, 0.6) is 0 Å². The van der Waals surface area contributed by atoms with E-state index in [1.165, 1.54) is 0 Å². The standard InChI is InChI=1S/C30H32O6/c1-14-8-20-24(32)28(5)12-22-17(15(2)25(33)35-22)10-29(14,28)13-30(20)19-9-18-16(3)21(31)6-7-27(18,4)11-23(19)36-26(30)34/h6-8,17,19-20,22-23H,2,9-13H2,1,3-5H3/t17-,19+,20+,22-,23-,27-,28+,29-,30+/m1/s1. The number of ketones is 2. The predicted octanol–water partition coefficient (Wildman–Crippen LogP) is 4.20. The van der Waals surface area contributed by atoms with Gasteiger partial charge in [0.1, 0.15) is 18.0 Å². The average molecular weight is 489 g/mol. The lowest BCUT2D eigenvalue weighted by atomic mass is 9.34. The molecule has 8 aliphatic rings. The van der Waals surface area contributed by atoms with Gasteiger partial charge in [0, 0.05) is 33.7 Å². The van der Waals surface area contributed by atoms with E-state index in [1.807, 2.05) is 26.0 Å². The van der Waals surface area contributed by atoms with Crippen LogP contribution in [0.15, 0.2) is 47.1 Å². The summed E-state index contributed by atoms with van der Waals surface area (Å²) in [5.74, 6) is -1.42. The number of esters is 2. The Bertz CT molecular complexity index is 1310. The fraction of sp³-hybridized carbons (Fsp3) is 0.600. The number of rotatable bonds is 0. The average Bonchev–Trinajstić information content (AvgIpc) is 3.23. The molecule has 2 bridgehead atoms. The molecular formula is C30H32O6. The van der Waals surface area contributed by atoms with Crippen molar-refractivity contribution in [3.63, 3.8) is 0 Å². The molecule has 0 N–H and O–H groups in total. The highest BCUT2D eigenvalue weighted by Gasteiger charge is 2.77. The van der Waals surface area contributed by atoms with Crippen LogP contribution in [0.2, 0.25) is 0 Å². The van der Waals surface area contributed by atoms with Crippen LogP contribution in [0.4, 0.5) is 0 Å². The highest BCUT2D eigenvalue weighted by Crippen LogP contribution is 2.75. The van der Waals surface area contributed by atoms with Gasteiger partial charge >= 0.3 is 11.9 Å². The molecule has 6 aliphatic carbocycles. The van der Waals surface area contributed by atoms with Gasteiger partial charge in [-0.2, -0.15) is 0 Å². The molecule has 36 heavy (non-hydrogen) atoms. The Labute approximate surface area is 210 Å². The molecule has 0 unspecified atom stereocenters. The Morgan fingerprint density at radius 2 is 1.75 bits per heavy atom. The van der Waals surface area contributed by atoms with E-state index in [4.69, 9.17) is 9.47 Å².